The SMILES string of the molecule is COc1ccc(Br)cc1C1C[C@H](O)c2cc(F)ccc2O1. The van der Waals surface area contributed by atoms with E-state index in [0.717, 1.165) is 10.0 Å². The quantitative estimate of drug-likeness (QED) is 0.882. The summed E-state index contributed by atoms with van der Waals surface area (Å²) in [6.45, 7) is 0. The highest BCUT2D eigenvalue weighted by Crippen LogP contribution is 2.43. The minimum atomic E-state index is -0.766. The molecule has 0 bridgehead atoms. The van der Waals surface area contributed by atoms with Crippen LogP contribution < -0.4 is 9.47 Å². The van der Waals surface area contributed by atoms with Gasteiger partial charge in [0.2, 0.25) is 0 Å². The Labute approximate surface area is 130 Å². The molecular formula is C16H14BrFO3. The average Bonchev–Trinajstić information content (AvgIpc) is 2.47. The molecule has 5 heteroatoms. The van der Waals surface area contributed by atoms with E-state index in [-0.39, 0.29) is 11.9 Å². The van der Waals surface area contributed by atoms with Crippen LogP contribution in [0.25, 0.3) is 0 Å². The fourth-order valence-corrected chi connectivity index (χ4v) is 2.94. The fourth-order valence-electron chi connectivity index (χ4n) is 2.57. The first kappa shape index (κ1) is 14.4. The van der Waals surface area contributed by atoms with E-state index in [1.165, 1.54) is 12.1 Å². The number of hydrogen-bond acceptors (Lipinski definition) is 3. The zero-order valence-electron chi connectivity index (χ0n) is 11.3. The Morgan fingerprint density at radius 1 is 1.24 bits per heavy atom. The largest absolute Gasteiger partial charge is 0.496 e. The van der Waals surface area contributed by atoms with E-state index in [9.17, 15) is 9.50 Å². The van der Waals surface area contributed by atoms with Crippen LogP contribution in [0.15, 0.2) is 40.9 Å². The van der Waals surface area contributed by atoms with Gasteiger partial charge in [0.1, 0.15) is 23.4 Å². The second-order valence-corrected chi connectivity index (χ2v) is 5.84. The lowest BCUT2D eigenvalue weighted by Crippen LogP contribution is -2.19. The van der Waals surface area contributed by atoms with Crippen molar-refractivity contribution in [3.8, 4) is 11.5 Å². The molecule has 0 amide bonds. The minimum absolute atomic E-state index is 0.342. The maximum Gasteiger partial charge on any atom is 0.130 e. The van der Waals surface area contributed by atoms with Crippen molar-refractivity contribution in [3.05, 3.63) is 57.8 Å². The number of halogens is 2. The molecule has 21 heavy (non-hydrogen) atoms. The van der Waals surface area contributed by atoms with Gasteiger partial charge in [-0.2, -0.15) is 0 Å². The van der Waals surface area contributed by atoms with E-state index in [1.807, 2.05) is 18.2 Å². The third-order valence-electron chi connectivity index (χ3n) is 3.58. The highest BCUT2D eigenvalue weighted by molar-refractivity contribution is 9.10. The molecular weight excluding hydrogens is 339 g/mol. The Kier molecular flexibility index (Phi) is 3.87. The van der Waals surface area contributed by atoms with E-state index in [4.69, 9.17) is 9.47 Å². The van der Waals surface area contributed by atoms with E-state index in [2.05, 4.69) is 15.9 Å². The zero-order chi connectivity index (χ0) is 15.0. The van der Waals surface area contributed by atoms with Crippen molar-refractivity contribution >= 4 is 15.9 Å². The van der Waals surface area contributed by atoms with Gasteiger partial charge < -0.3 is 14.6 Å². The molecule has 1 aliphatic heterocycles. The summed E-state index contributed by atoms with van der Waals surface area (Å²) >= 11 is 3.43. The predicted molar refractivity (Wildman–Crippen MR) is 80.0 cm³/mol. The topological polar surface area (TPSA) is 38.7 Å². The molecule has 3 nitrogen and oxygen atoms in total. The first-order valence-electron chi connectivity index (χ1n) is 6.56. The maximum absolute atomic E-state index is 13.3. The maximum atomic E-state index is 13.3. The summed E-state index contributed by atoms with van der Waals surface area (Å²) in [5, 5.41) is 10.3. The zero-order valence-corrected chi connectivity index (χ0v) is 12.9. The Morgan fingerprint density at radius 3 is 2.81 bits per heavy atom. The number of rotatable bonds is 2. The van der Waals surface area contributed by atoms with Gasteiger partial charge in [0.25, 0.3) is 0 Å². The molecule has 1 unspecified atom stereocenters. The van der Waals surface area contributed by atoms with Crippen molar-refractivity contribution in [1.82, 2.24) is 0 Å². The second kappa shape index (κ2) is 5.66. The Bertz CT molecular complexity index is 675. The third kappa shape index (κ3) is 2.76. The van der Waals surface area contributed by atoms with Crippen LogP contribution >= 0.6 is 15.9 Å². The van der Waals surface area contributed by atoms with Gasteiger partial charge in [-0.1, -0.05) is 15.9 Å². The molecule has 1 aliphatic rings. The van der Waals surface area contributed by atoms with Crippen molar-refractivity contribution in [2.75, 3.05) is 7.11 Å². The molecule has 0 fully saturated rings. The van der Waals surface area contributed by atoms with E-state index >= 15 is 0 Å². The normalized spacial score (nSPS) is 20.6. The van der Waals surface area contributed by atoms with Gasteiger partial charge in [-0.15, -0.1) is 0 Å². The van der Waals surface area contributed by atoms with Crippen LogP contribution in [0.3, 0.4) is 0 Å². The summed E-state index contributed by atoms with van der Waals surface area (Å²) in [4.78, 5) is 0. The summed E-state index contributed by atoms with van der Waals surface area (Å²) < 4.78 is 25.4. The van der Waals surface area contributed by atoms with Crippen LogP contribution in [-0.2, 0) is 0 Å². The number of methoxy groups -OCH3 is 1. The monoisotopic (exact) mass is 352 g/mol. The minimum Gasteiger partial charge on any atom is -0.496 e. The smallest absolute Gasteiger partial charge is 0.130 e. The van der Waals surface area contributed by atoms with E-state index in [1.54, 1.807) is 13.2 Å². The molecule has 0 spiro atoms. The molecule has 0 radical (unpaired) electrons. The predicted octanol–water partition coefficient (Wildman–Crippen LogP) is 4.15. The van der Waals surface area contributed by atoms with Gasteiger partial charge in [0.15, 0.2) is 0 Å². The number of ether oxygens (including phenoxy) is 2. The van der Waals surface area contributed by atoms with Gasteiger partial charge >= 0.3 is 0 Å². The van der Waals surface area contributed by atoms with Crippen LogP contribution in [-0.4, -0.2) is 12.2 Å². The summed E-state index contributed by atoms with van der Waals surface area (Å²) in [6, 6.07) is 9.82. The van der Waals surface area contributed by atoms with Gasteiger partial charge in [0.05, 0.1) is 13.2 Å². The van der Waals surface area contributed by atoms with Gasteiger partial charge in [0, 0.05) is 22.0 Å². The van der Waals surface area contributed by atoms with Crippen LogP contribution in [0.1, 0.15) is 29.8 Å². The molecule has 1 heterocycles. The number of aliphatic hydroxyl groups is 1. The lowest BCUT2D eigenvalue weighted by atomic mass is 9.94. The summed E-state index contributed by atoms with van der Waals surface area (Å²) in [5.74, 6) is 0.818. The van der Waals surface area contributed by atoms with Gasteiger partial charge in [-0.05, 0) is 36.4 Å². The summed E-state index contributed by atoms with van der Waals surface area (Å²) in [7, 11) is 1.59. The molecule has 110 valence electrons. The van der Waals surface area contributed by atoms with Crippen molar-refractivity contribution in [2.45, 2.75) is 18.6 Å². The molecule has 0 aromatic heterocycles. The molecule has 1 N–H and O–H groups in total. The fraction of sp³-hybridized carbons (Fsp3) is 0.250. The van der Waals surface area contributed by atoms with Gasteiger partial charge in [-0.3, -0.25) is 0 Å². The first-order chi connectivity index (χ1) is 10.1. The summed E-state index contributed by atoms with van der Waals surface area (Å²) in [6.07, 6.45) is -0.757. The number of fused-ring (bicyclic) bond motifs is 1. The number of benzene rings is 2. The highest BCUT2D eigenvalue weighted by Gasteiger charge is 2.30. The first-order valence-corrected chi connectivity index (χ1v) is 7.35. The van der Waals surface area contributed by atoms with E-state index in [0.29, 0.717) is 23.5 Å². The average molecular weight is 353 g/mol. The molecule has 0 aliphatic carbocycles. The Balaban J connectivity index is 1.99. The van der Waals surface area contributed by atoms with Crippen LogP contribution in [0.2, 0.25) is 0 Å². The molecule has 2 aromatic rings. The molecule has 0 saturated heterocycles. The van der Waals surface area contributed by atoms with E-state index < -0.39 is 6.10 Å². The summed E-state index contributed by atoms with van der Waals surface area (Å²) in [5.41, 5.74) is 1.33. The Hall–Kier alpha value is -1.59. The number of aliphatic hydroxyl groups excluding tert-OH is 1. The standard InChI is InChI=1S/C16H14BrFO3/c1-20-14-4-2-9(17)6-12(14)16-8-13(19)11-7-10(18)3-5-15(11)21-16/h2-7,13,16,19H,8H2,1H3/t13-,16?/m0/s1. The third-order valence-corrected chi connectivity index (χ3v) is 4.07. The van der Waals surface area contributed by atoms with Crippen molar-refractivity contribution < 1.29 is 19.0 Å². The van der Waals surface area contributed by atoms with Crippen molar-refractivity contribution in [1.29, 1.82) is 0 Å². The van der Waals surface area contributed by atoms with Crippen molar-refractivity contribution in [3.63, 3.8) is 0 Å². The highest BCUT2D eigenvalue weighted by atomic mass is 79.9. The van der Waals surface area contributed by atoms with Crippen LogP contribution in [0, 0.1) is 5.82 Å². The lowest BCUT2D eigenvalue weighted by Gasteiger charge is -2.30. The van der Waals surface area contributed by atoms with Gasteiger partial charge in [-0.25, -0.2) is 4.39 Å². The lowest BCUT2D eigenvalue weighted by molar-refractivity contribution is 0.0641. The second-order valence-electron chi connectivity index (χ2n) is 4.93. The van der Waals surface area contributed by atoms with Crippen LogP contribution in [0.5, 0.6) is 11.5 Å². The Morgan fingerprint density at radius 2 is 2.05 bits per heavy atom. The molecule has 0 saturated carbocycles. The van der Waals surface area contributed by atoms with Crippen molar-refractivity contribution in [2.24, 2.45) is 0 Å². The number of hydrogen-bond donors (Lipinski definition) is 1. The van der Waals surface area contributed by atoms with Crippen LogP contribution in [0.4, 0.5) is 4.39 Å². The molecule has 3 rings (SSSR count). The molecule has 2 atom stereocenters. The molecule has 2 aromatic carbocycles.